The first-order valence-electron chi connectivity index (χ1n) is 7.76. The number of phenols is 2. The number of hydrogen-bond donors (Lipinski definition) is 3. The van der Waals surface area contributed by atoms with Gasteiger partial charge in [0.05, 0.1) is 13.2 Å². The molecule has 0 aliphatic heterocycles. The number of Topliss-reactive ketones (excluding diaryl/α,β-unsaturated/α-hetero) is 1. The summed E-state index contributed by atoms with van der Waals surface area (Å²) in [6.07, 6.45) is 4.08. The number of carbonyl (C=O) groups excluding carboxylic acids is 1. The Morgan fingerprint density at radius 1 is 1.27 bits per heavy atom. The molecule has 0 aliphatic carbocycles. The largest absolute Gasteiger partial charge is 0.504 e. The van der Waals surface area contributed by atoms with E-state index in [9.17, 15) is 20.1 Å². The van der Waals surface area contributed by atoms with E-state index >= 15 is 0 Å². The van der Waals surface area contributed by atoms with Gasteiger partial charge in [-0.25, -0.2) is 0 Å². The molecule has 0 radical (unpaired) electrons. The Balaban J connectivity index is 2.45. The third-order valence-electron chi connectivity index (χ3n) is 3.63. The summed E-state index contributed by atoms with van der Waals surface area (Å²) in [5.41, 5.74) is 0.709. The van der Waals surface area contributed by atoms with Gasteiger partial charge >= 0.3 is 0 Å². The number of carbonyl (C=O) groups is 1. The molecule has 0 saturated heterocycles. The molecule has 5 nitrogen and oxygen atoms in total. The summed E-state index contributed by atoms with van der Waals surface area (Å²) in [7, 11) is 1.40. The Morgan fingerprint density at radius 2 is 2.00 bits per heavy atom. The number of phenolic OH excluding ortho intramolecular Hbond substituents is 2. The van der Waals surface area contributed by atoms with Crippen molar-refractivity contribution in [3.63, 3.8) is 0 Å². The van der Waals surface area contributed by atoms with Crippen molar-refractivity contribution in [1.29, 1.82) is 0 Å². The summed E-state index contributed by atoms with van der Waals surface area (Å²) >= 11 is 0. The number of aliphatic hydroxyl groups excluding tert-OH is 1. The first-order chi connectivity index (χ1) is 10.5. The number of hydrogen-bond acceptors (Lipinski definition) is 5. The molecule has 0 fully saturated rings. The lowest BCUT2D eigenvalue weighted by atomic mass is 10.0. The first kappa shape index (κ1) is 18.3. The molecule has 5 heteroatoms. The number of ketones is 1. The summed E-state index contributed by atoms with van der Waals surface area (Å²) in [4.78, 5) is 11.9. The third kappa shape index (κ3) is 5.93. The minimum Gasteiger partial charge on any atom is -0.504 e. The van der Waals surface area contributed by atoms with Gasteiger partial charge < -0.3 is 20.1 Å². The van der Waals surface area contributed by atoms with Gasteiger partial charge in [0.2, 0.25) is 5.75 Å². The molecule has 1 atom stereocenters. The molecule has 0 aromatic heterocycles. The topological polar surface area (TPSA) is 87.0 Å². The van der Waals surface area contributed by atoms with E-state index in [-0.39, 0.29) is 35.9 Å². The van der Waals surface area contributed by atoms with Crippen molar-refractivity contribution >= 4 is 5.78 Å². The van der Waals surface area contributed by atoms with E-state index in [4.69, 9.17) is 4.74 Å². The van der Waals surface area contributed by atoms with Crippen LogP contribution in [0.2, 0.25) is 0 Å². The van der Waals surface area contributed by atoms with Crippen molar-refractivity contribution in [2.24, 2.45) is 0 Å². The van der Waals surface area contributed by atoms with Crippen LogP contribution in [0.25, 0.3) is 0 Å². The van der Waals surface area contributed by atoms with E-state index in [1.54, 1.807) is 6.07 Å². The first-order valence-corrected chi connectivity index (χ1v) is 7.76. The van der Waals surface area contributed by atoms with Crippen LogP contribution in [0.4, 0.5) is 0 Å². The number of ether oxygens (including phenoxy) is 1. The van der Waals surface area contributed by atoms with Gasteiger partial charge in [-0.05, 0) is 30.5 Å². The molecule has 0 saturated carbocycles. The molecular formula is C17H26O5. The van der Waals surface area contributed by atoms with Crippen LogP contribution in [-0.4, -0.2) is 34.3 Å². The highest BCUT2D eigenvalue weighted by Crippen LogP contribution is 2.36. The van der Waals surface area contributed by atoms with Gasteiger partial charge in [-0.1, -0.05) is 26.2 Å². The Labute approximate surface area is 131 Å². The molecule has 0 aliphatic rings. The minimum absolute atomic E-state index is 0.00414. The SMILES string of the molecule is CCCCCC(O)CC(=O)CCc1cc(O)c(O)c(OC)c1. The van der Waals surface area contributed by atoms with Crippen molar-refractivity contribution < 1.29 is 24.9 Å². The highest BCUT2D eigenvalue weighted by molar-refractivity contribution is 5.79. The zero-order valence-electron chi connectivity index (χ0n) is 13.3. The molecule has 22 heavy (non-hydrogen) atoms. The molecule has 1 aromatic carbocycles. The Kier molecular flexibility index (Phi) is 7.74. The second-order valence-electron chi connectivity index (χ2n) is 5.56. The van der Waals surface area contributed by atoms with Crippen LogP contribution in [0.15, 0.2) is 12.1 Å². The van der Waals surface area contributed by atoms with Gasteiger partial charge in [0.1, 0.15) is 5.78 Å². The zero-order valence-corrected chi connectivity index (χ0v) is 13.3. The highest BCUT2D eigenvalue weighted by atomic mass is 16.5. The lowest BCUT2D eigenvalue weighted by Gasteiger charge is -2.10. The van der Waals surface area contributed by atoms with Crippen molar-refractivity contribution in [3.8, 4) is 17.2 Å². The van der Waals surface area contributed by atoms with E-state index in [2.05, 4.69) is 6.92 Å². The van der Waals surface area contributed by atoms with Gasteiger partial charge in [-0.15, -0.1) is 0 Å². The quantitative estimate of drug-likeness (QED) is 0.457. The molecule has 0 bridgehead atoms. The zero-order chi connectivity index (χ0) is 16.5. The van der Waals surface area contributed by atoms with E-state index in [0.29, 0.717) is 18.4 Å². The Hall–Kier alpha value is -1.75. The standard InChI is InChI=1S/C17H26O5/c1-3-4-5-6-13(18)11-14(19)8-7-12-9-15(20)17(21)16(10-12)22-2/h9-10,13,18,20-21H,3-8,11H2,1-2H3. The molecular weight excluding hydrogens is 284 g/mol. The fraction of sp³-hybridized carbons (Fsp3) is 0.588. The number of rotatable bonds is 10. The average molecular weight is 310 g/mol. The maximum absolute atomic E-state index is 11.9. The summed E-state index contributed by atoms with van der Waals surface area (Å²) in [6, 6.07) is 3.02. The molecule has 0 spiro atoms. The Bertz CT molecular complexity index is 484. The van der Waals surface area contributed by atoms with E-state index in [0.717, 1.165) is 19.3 Å². The van der Waals surface area contributed by atoms with E-state index in [1.807, 2.05) is 0 Å². The monoisotopic (exact) mass is 310 g/mol. The lowest BCUT2D eigenvalue weighted by Crippen LogP contribution is -2.13. The smallest absolute Gasteiger partial charge is 0.200 e. The number of methoxy groups -OCH3 is 1. The van der Waals surface area contributed by atoms with Crippen molar-refractivity contribution in [2.45, 2.75) is 58.0 Å². The van der Waals surface area contributed by atoms with Crippen LogP contribution in [-0.2, 0) is 11.2 Å². The van der Waals surface area contributed by atoms with Crippen molar-refractivity contribution in [3.05, 3.63) is 17.7 Å². The highest BCUT2D eigenvalue weighted by Gasteiger charge is 2.13. The van der Waals surface area contributed by atoms with Crippen LogP contribution in [0, 0.1) is 0 Å². The van der Waals surface area contributed by atoms with Gasteiger partial charge in [-0.3, -0.25) is 4.79 Å². The van der Waals surface area contributed by atoms with Crippen LogP contribution in [0.5, 0.6) is 17.2 Å². The number of benzene rings is 1. The fourth-order valence-electron chi connectivity index (χ4n) is 2.33. The van der Waals surface area contributed by atoms with Gasteiger partial charge in [-0.2, -0.15) is 0 Å². The normalized spacial score (nSPS) is 12.1. The number of unbranched alkanes of at least 4 members (excludes halogenated alkanes) is 2. The molecule has 0 heterocycles. The maximum atomic E-state index is 11.9. The van der Waals surface area contributed by atoms with Gasteiger partial charge in [0, 0.05) is 12.8 Å². The van der Waals surface area contributed by atoms with Gasteiger partial charge in [0.15, 0.2) is 11.5 Å². The maximum Gasteiger partial charge on any atom is 0.200 e. The van der Waals surface area contributed by atoms with Crippen molar-refractivity contribution in [1.82, 2.24) is 0 Å². The number of aliphatic hydroxyl groups is 1. The summed E-state index contributed by atoms with van der Waals surface area (Å²) in [6.45, 7) is 2.10. The van der Waals surface area contributed by atoms with E-state index < -0.39 is 6.10 Å². The number of aromatic hydroxyl groups is 2. The molecule has 3 N–H and O–H groups in total. The molecule has 0 amide bonds. The van der Waals surface area contributed by atoms with Crippen LogP contribution in [0.3, 0.4) is 0 Å². The minimum atomic E-state index is -0.568. The molecule has 1 aromatic rings. The summed E-state index contributed by atoms with van der Waals surface area (Å²) in [5, 5.41) is 28.9. The predicted molar refractivity (Wildman–Crippen MR) is 84.4 cm³/mol. The van der Waals surface area contributed by atoms with Crippen LogP contribution in [0.1, 0.15) is 51.0 Å². The van der Waals surface area contributed by atoms with Crippen LogP contribution >= 0.6 is 0 Å². The fourth-order valence-corrected chi connectivity index (χ4v) is 2.33. The second-order valence-corrected chi connectivity index (χ2v) is 5.56. The average Bonchev–Trinajstić information content (AvgIpc) is 2.48. The second kappa shape index (κ2) is 9.30. The molecule has 124 valence electrons. The Morgan fingerprint density at radius 3 is 2.64 bits per heavy atom. The lowest BCUT2D eigenvalue weighted by molar-refractivity contribution is -0.121. The molecule has 1 unspecified atom stereocenters. The summed E-state index contributed by atoms with van der Waals surface area (Å²) < 4.78 is 4.96. The van der Waals surface area contributed by atoms with Crippen LogP contribution < -0.4 is 4.74 Å². The third-order valence-corrected chi connectivity index (χ3v) is 3.63. The van der Waals surface area contributed by atoms with Crippen molar-refractivity contribution in [2.75, 3.05) is 7.11 Å². The predicted octanol–water partition coefficient (Wildman–Crippen LogP) is 2.94. The van der Waals surface area contributed by atoms with E-state index in [1.165, 1.54) is 13.2 Å². The molecule has 1 rings (SSSR count). The van der Waals surface area contributed by atoms with Gasteiger partial charge in [0.25, 0.3) is 0 Å². The summed E-state index contributed by atoms with van der Waals surface area (Å²) in [5.74, 6) is -0.386. The number of aryl methyl sites for hydroxylation is 1.